The van der Waals surface area contributed by atoms with Crippen LogP contribution in [0.2, 0.25) is 0 Å². The minimum absolute atomic E-state index is 0.152. The summed E-state index contributed by atoms with van der Waals surface area (Å²) in [7, 11) is -3.46. The zero-order valence-corrected chi connectivity index (χ0v) is 12.8. The number of nitrogens with zero attached hydrogens (tertiary/aromatic N) is 3. The van der Waals surface area contributed by atoms with E-state index in [-0.39, 0.29) is 19.0 Å². The van der Waals surface area contributed by atoms with Crippen molar-refractivity contribution in [2.75, 3.05) is 39.1 Å². The molecule has 0 aliphatic carbocycles. The standard InChI is InChI=1S/C13H19N3O4S/c1-21(18,19)16(10-12-2-4-14-5-3-12)11-13(17)15-6-8-20-9-7-15/h2-5H,6-11H2,1H3. The van der Waals surface area contributed by atoms with Crippen LogP contribution in [0.15, 0.2) is 24.5 Å². The van der Waals surface area contributed by atoms with Gasteiger partial charge in [-0.15, -0.1) is 0 Å². The third-order valence-electron chi connectivity index (χ3n) is 3.25. The zero-order valence-electron chi connectivity index (χ0n) is 11.9. The van der Waals surface area contributed by atoms with Gasteiger partial charge in [-0.05, 0) is 17.7 Å². The van der Waals surface area contributed by atoms with Gasteiger partial charge >= 0.3 is 0 Å². The Morgan fingerprint density at radius 1 is 1.33 bits per heavy atom. The fraction of sp³-hybridized carbons (Fsp3) is 0.538. The molecule has 0 radical (unpaired) electrons. The Labute approximate surface area is 124 Å². The summed E-state index contributed by atoms with van der Waals surface area (Å²) in [6, 6.07) is 3.47. The summed E-state index contributed by atoms with van der Waals surface area (Å²) in [5, 5.41) is 0. The second-order valence-corrected chi connectivity index (χ2v) is 6.86. The van der Waals surface area contributed by atoms with Crippen LogP contribution in [0.5, 0.6) is 0 Å². The molecule has 1 aromatic heterocycles. The van der Waals surface area contributed by atoms with Gasteiger partial charge in [-0.3, -0.25) is 9.78 Å². The van der Waals surface area contributed by atoms with Crippen molar-refractivity contribution < 1.29 is 17.9 Å². The molecule has 2 heterocycles. The molecule has 0 bridgehead atoms. The quantitative estimate of drug-likeness (QED) is 0.746. The first-order valence-electron chi connectivity index (χ1n) is 6.66. The summed E-state index contributed by atoms with van der Waals surface area (Å²) < 4.78 is 30.1. The van der Waals surface area contributed by atoms with E-state index in [2.05, 4.69) is 4.98 Å². The van der Waals surface area contributed by atoms with E-state index in [1.165, 1.54) is 4.31 Å². The van der Waals surface area contributed by atoms with Gasteiger partial charge in [0.05, 0.1) is 26.0 Å². The second-order valence-electron chi connectivity index (χ2n) is 4.88. The number of carbonyl (C=O) groups excluding carboxylic acids is 1. The Hall–Kier alpha value is -1.51. The van der Waals surface area contributed by atoms with Crippen LogP contribution in [0.3, 0.4) is 0 Å². The maximum atomic E-state index is 12.2. The van der Waals surface area contributed by atoms with Gasteiger partial charge in [-0.2, -0.15) is 4.31 Å². The van der Waals surface area contributed by atoms with Crippen molar-refractivity contribution >= 4 is 15.9 Å². The number of ether oxygens (including phenoxy) is 1. The summed E-state index contributed by atoms with van der Waals surface area (Å²) in [5.74, 6) is -0.196. The number of hydrogen-bond donors (Lipinski definition) is 0. The molecule has 0 spiro atoms. The van der Waals surface area contributed by atoms with E-state index in [4.69, 9.17) is 4.74 Å². The normalized spacial score (nSPS) is 16.2. The van der Waals surface area contributed by atoms with Crippen molar-refractivity contribution in [2.24, 2.45) is 0 Å². The molecular weight excluding hydrogens is 294 g/mol. The SMILES string of the molecule is CS(=O)(=O)N(CC(=O)N1CCOCC1)Cc1ccncc1. The highest BCUT2D eigenvalue weighted by Crippen LogP contribution is 2.09. The van der Waals surface area contributed by atoms with Crippen molar-refractivity contribution in [1.29, 1.82) is 0 Å². The van der Waals surface area contributed by atoms with Gasteiger partial charge in [0.15, 0.2) is 0 Å². The molecule has 0 atom stereocenters. The van der Waals surface area contributed by atoms with Gasteiger partial charge in [0.1, 0.15) is 0 Å². The van der Waals surface area contributed by atoms with Gasteiger partial charge in [0.25, 0.3) is 0 Å². The molecule has 116 valence electrons. The topological polar surface area (TPSA) is 79.8 Å². The van der Waals surface area contributed by atoms with E-state index < -0.39 is 10.0 Å². The lowest BCUT2D eigenvalue weighted by atomic mass is 10.2. The molecule has 0 saturated carbocycles. The molecule has 0 aromatic carbocycles. The molecule has 7 nitrogen and oxygen atoms in total. The average Bonchev–Trinajstić information content (AvgIpc) is 2.47. The van der Waals surface area contributed by atoms with E-state index in [1.54, 1.807) is 29.4 Å². The van der Waals surface area contributed by atoms with Crippen LogP contribution in [-0.2, 0) is 26.1 Å². The smallest absolute Gasteiger partial charge is 0.238 e. The Morgan fingerprint density at radius 3 is 2.52 bits per heavy atom. The van der Waals surface area contributed by atoms with E-state index in [0.717, 1.165) is 11.8 Å². The van der Waals surface area contributed by atoms with Crippen molar-refractivity contribution in [3.8, 4) is 0 Å². The number of sulfonamides is 1. The molecule has 0 N–H and O–H groups in total. The van der Waals surface area contributed by atoms with Crippen LogP contribution in [0.1, 0.15) is 5.56 Å². The van der Waals surface area contributed by atoms with Crippen molar-refractivity contribution in [3.05, 3.63) is 30.1 Å². The number of aromatic nitrogens is 1. The predicted octanol–water partition coefficient (Wildman–Crippen LogP) is -0.298. The number of morpholine rings is 1. The summed E-state index contributed by atoms with van der Waals surface area (Å²) >= 11 is 0. The fourth-order valence-electron chi connectivity index (χ4n) is 2.05. The first kappa shape index (κ1) is 15.9. The Bertz CT molecular complexity index is 570. The van der Waals surface area contributed by atoms with E-state index >= 15 is 0 Å². The van der Waals surface area contributed by atoms with Crippen LogP contribution >= 0.6 is 0 Å². The molecular formula is C13H19N3O4S. The van der Waals surface area contributed by atoms with Gasteiger partial charge < -0.3 is 9.64 Å². The zero-order chi connectivity index (χ0) is 15.3. The number of pyridine rings is 1. The van der Waals surface area contributed by atoms with Crippen molar-refractivity contribution in [1.82, 2.24) is 14.2 Å². The molecule has 1 saturated heterocycles. The molecule has 1 fully saturated rings. The number of amides is 1. The fourth-order valence-corrected chi connectivity index (χ4v) is 2.77. The van der Waals surface area contributed by atoms with Crippen LogP contribution in [0, 0.1) is 0 Å². The average molecular weight is 313 g/mol. The molecule has 1 aliphatic rings. The van der Waals surface area contributed by atoms with E-state index in [0.29, 0.717) is 26.3 Å². The van der Waals surface area contributed by atoms with Gasteiger partial charge in [0.2, 0.25) is 15.9 Å². The van der Waals surface area contributed by atoms with Crippen molar-refractivity contribution in [2.45, 2.75) is 6.54 Å². The largest absolute Gasteiger partial charge is 0.378 e. The summed E-state index contributed by atoms with van der Waals surface area (Å²) in [5.41, 5.74) is 0.796. The first-order valence-corrected chi connectivity index (χ1v) is 8.51. The maximum absolute atomic E-state index is 12.2. The second kappa shape index (κ2) is 6.97. The highest BCUT2D eigenvalue weighted by Gasteiger charge is 2.24. The molecule has 8 heteroatoms. The monoisotopic (exact) mass is 313 g/mol. The lowest BCUT2D eigenvalue weighted by Gasteiger charge is -2.29. The van der Waals surface area contributed by atoms with E-state index in [1.807, 2.05) is 0 Å². The van der Waals surface area contributed by atoms with Crippen LogP contribution < -0.4 is 0 Å². The summed E-state index contributed by atoms with van der Waals surface area (Å²) in [6.45, 7) is 2.01. The highest BCUT2D eigenvalue weighted by molar-refractivity contribution is 7.88. The maximum Gasteiger partial charge on any atom is 0.238 e. The van der Waals surface area contributed by atoms with Crippen LogP contribution in [0.4, 0.5) is 0 Å². The number of carbonyl (C=O) groups is 1. The lowest BCUT2D eigenvalue weighted by Crippen LogP contribution is -2.46. The van der Waals surface area contributed by atoms with Crippen LogP contribution in [0.25, 0.3) is 0 Å². The number of rotatable bonds is 5. The minimum atomic E-state index is -3.46. The summed E-state index contributed by atoms with van der Waals surface area (Å²) in [6.07, 6.45) is 4.31. The first-order chi connectivity index (χ1) is 9.97. The Balaban J connectivity index is 2.04. The molecule has 1 aromatic rings. The van der Waals surface area contributed by atoms with E-state index in [9.17, 15) is 13.2 Å². The Kier molecular flexibility index (Phi) is 5.27. The Morgan fingerprint density at radius 2 is 1.95 bits per heavy atom. The van der Waals surface area contributed by atoms with Gasteiger partial charge in [0, 0.05) is 32.0 Å². The third kappa shape index (κ3) is 4.76. The molecule has 21 heavy (non-hydrogen) atoms. The summed E-state index contributed by atoms with van der Waals surface area (Å²) in [4.78, 5) is 17.7. The minimum Gasteiger partial charge on any atom is -0.378 e. The lowest BCUT2D eigenvalue weighted by molar-refractivity contribution is -0.135. The molecule has 1 aliphatic heterocycles. The molecule has 2 rings (SSSR count). The van der Waals surface area contributed by atoms with Gasteiger partial charge in [-0.25, -0.2) is 8.42 Å². The highest BCUT2D eigenvalue weighted by atomic mass is 32.2. The molecule has 0 unspecified atom stereocenters. The van der Waals surface area contributed by atoms with Crippen molar-refractivity contribution in [3.63, 3.8) is 0 Å². The predicted molar refractivity (Wildman–Crippen MR) is 76.9 cm³/mol. The van der Waals surface area contributed by atoms with Gasteiger partial charge in [-0.1, -0.05) is 0 Å². The number of hydrogen-bond acceptors (Lipinski definition) is 5. The van der Waals surface area contributed by atoms with Crippen LogP contribution in [-0.4, -0.2) is 67.6 Å². The molecule has 1 amide bonds. The third-order valence-corrected chi connectivity index (χ3v) is 4.45.